The average Bonchev–Trinajstić information content (AvgIpc) is 3.67. The van der Waals surface area contributed by atoms with Crippen molar-refractivity contribution in [3.05, 3.63) is 97.3 Å². The Morgan fingerprint density at radius 3 is 2.70 bits per heavy atom. The molecule has 5 aromatic rings. The number of fused-ring (bicyclic) bond motifs is 1. The molecule has 1 amide bonds. The molecule has 10 nitrogen and oxygen atoms in total. The first kappa shape index (κ1) is 30.4. The molecule has 0 radical (unpaired) electrons. The van der Waals surface area contributed by atoms with E-state index >= 15 is 0 Å². The van der Waals surface area contributed by atoms with Crippen molar-refractivity contribution in [1.82, 2.24) is 19.6 Å². The summed E-state index contributed by atoms with van der Waals surface area (Å²) in [5.74, 6) is -1.84. The van der Waals surface area contributed by atoms with Gasteiger partial charge in [0.05, 0.1) is 28.9 Å². The quantitative estimate of drug-likeness (QED) is 0.0587. The van der Waals surface area contributed by atoms with Crippen LogP contribution in [0, 0.1) is 6.92 Å². The van der Waals surface area contributed by atoms with Gasteiger partial charge >= 0.3 is 5.91 Å². The minimum Gasteiger partial charge on any atom is -0.505 e. The minimum absolute atomic E-state index is 0.0966. The second-order valence-corrected chi connectivity index (χ2v) is 13.4. The number of aliphatic hydroxyl groups is 1. The first-order valence-electron chi connectivity index (χ1n) is 12.8. The number of carbonyl (C=O) groups excluding carboxylic acids is 2. The maximum Gasteiger partial charge on any atom is 0.301 e. The van der Waals surface area contributed by atoms with Crippen LogP contribution in [0.15, 0.2) is 69.1 Å². The molecular weight excluding hydrogens is 713 g/mol. The Balaban J connectivity index is 1.47. The van der Waals surface area contributed by atoms with Crippen molar-refractivity contribution in [1.29, 1.82) is 0 Å². The summed E-state index contributed by atoms with van der Waals surface area (Å²) < 4.78 is 7.78. The molecule has 0 bridgehead atoms. The van der Waals surface area contributed by atoms with Crippen LogP contribution in [-0.2, 0) is 15.3 Å². The van der Waals surface area contributed by atoms with Gasteiger partial charge in [0.2, 0.25) is 5.13 Å². The van der Waals surface area contributed by atoms with E-state index in [2.05, 4.69) is 31.1 Å². The number of anilines is 1. The number of aryl methyl sites for hydroxylation is 1. The van der Waals surface area contributed by atoms with Crippen LogP contribution >= 0.6 is 62.2 Å². The molecule has 2 aromatic carbocycles. The van der Waals surface area contributed by atoms with Crippen molar-refractivity contribution in [3.8, 4) is 11.5 Å². The molecule has 1 aliphatic heterocycles. The predicted octanol–water partition coefficient (Wildman–Crippen LogP) is 7.20. The number of ketones is 1. The fraction of sp³-hybridized carbons (Fsp3) is 0.138. The molecule has 1 atom stereocenters. The molecule has 4 heterocycles. The van der Waals surface area contributed by atoms with Gasteiger partial charge in [0.15, 0.2) is 21.6 Å². The number of aromatic hydroxyl groups is 1. The number of imidazole rings is 1. The average molecular weight is 733 g/mol. The highest BCUT2D eigenvalue weighted by Crippen LogP contribution is 2.47. The molecule has 224 valence electrons. The van der Waals surface area contributed by atoms with Gasteiger partial charge in [-0.15, -0.1) is 10.2 Å². The summed E-state index contributed by atoms with van der Waals surface area (Å²) in [4.78, 5) is 33.1. The lowest BCUT2D eigenvalue weighted by molar-refractivity contribution is -0.132. The summed E-state index contributed by atoms with van der Waals surface area (Å²) in [6.45, 7) is 1.70. The Bertz CT molecular complexity index is 2010. The van der Waals surface area contributed by atoms with Gasteiger partial charge in [0, 0.05) is 22.0 Å². The van der Waals surface area contributed by atoms with Gasteiger partial charge in [0.25, 0.3) is 5.78 Å². The van der Waals surface area contributed by atoms with E-state index in [1.54, 1.807) is 53.9 Å². The molecule has 0 spiro atoms. The summed E-state index contributed by atoms with van der Waals surface area (Å²) in [6.07, 6.45) is 1.71. The predicted molar refractivity (Wildman–Crippen MR) is 173 cm³/mol. The Morgan fingerprint density at radius 1 is 1.16 bits per heavy atom. The highest BCUT2D eigenvalue weighted by atomic mass is 79.9. The van der Waals surface area contributed by atoms with Crippen molar-refractivity contribution in [3.63, 3.8) is 0 Å². The zero-order valence-electron chi connectivity index (χ0n) is 22.8. The molecule has 0 saturated carbocycles. The first-order chi connectivity index (χ1) is 21.1. The van der Waals surface area contributed by atoms with E-state index in [0.29, 0.717) is 37.0 Å². The summed E-state index contributed by atoms with van der Waals surface area (Å²) >= 11 is 18.1. The minimum atomic E-state index is -1.15. The molecule has 1 fully saturated rings. The number of hydrogen-bond donors (Lipinski definition) is 2. The molecule has 0 aliphatic carbocycles. The van der Waals surface area contributed by atoms with Crippen LogP contribution < -0.4 is 9.64 Å². The number of amides is 1. The van der Waals surface area contributed by atoms with Crippen LogP contribution in [0.4, 0.5) is 5.13 Å². The lowest BCUT2D eigenvalue weighted by Gasteiger charge is -2.23. The summed E-state index contributed by atoms with van der Waals surface area (Å²) in [6, 6.07) is 12.4. The summed E-state index contributed by atoms with van der Waals surface area (Å²) in [5.41, 5.74) is 2.30. The number of thioether (sulfide) groups is 1. The van der Waals surface area contributed by atoms with Crippen molar-refractivity contribution < 1.29 is 24.5 Å². The maximum atomic E-state index is 13.7. The van der Waals surface area contributed by atoms with E-state index in [0.717, 1.165) is 16.9 Å². The number of hydrogen-bond acceptors (Lipinski definition) is 10. The molecule has 1 aliphatic rings. The van der Waals surface area contributed by atoms with Crippen molar-refractivity contribution in [2.45, 2.75) is 23.1 Å². The normalized spacial score (nSPS) is 16.3. The van der Waals surface area contributed by atoms with E-state index in [-0.39, 0.29) is 32.4 Å². The van der Waals surface area contributed by atoms with Crippen LogP contribution in [0.25, 0.3) is 11.4 Å². The topological polar surface area (TPSA) is 130 Å². The second-order valence-electron chi connectivity index (χ2n) is 9.57. The number of benzene rings is 2. The molecule has 3 aromatic heterocycles. The number of nitrogens with zero attached hydrogens (tertiary/aromatic N) is 5. The van der Waals surface area contributed by atoms with Crippen LogP contribution in [0.1, 0.15) is 28.6 Å². The standard InChI is InChI=1S/C29H20BrCl2N5O5S2/c1-13-22(36-8-4-3-5-20(36)33-13)25(39)21-23(15-9-17(30)24(38)19(10-15)42-2)37(27(41)26(21)40)28-34-35-29(44-28)43-12-14-6-7-16(31)11-18(14)32/h3-11,23,38-39H,12H2,1-2H3/b25-21+. The van der Waals surface area contributed by atoms with Crippen LogP contribution in [0.2, 0.25) is 10.0 Å². The Hall–Kier alpha value is -3.62. The third-order valence-corrected chi connectivity index (χ3v) is 10.2. The number of ether oxygens (including phenoxy) is 1. The second kappa shape index (κ2) is 12.1. The maximum absolute atomic E-state index is 13.7. The van der Waals surface area contributed by atoms with Gasteiger partial charge in [0.1, 0.15) is 11.3 Å². The van der Waals surface area contributed by atoms with E-state index in [1.165, 1.54) is 29.8 Å². The SMILES string of the molecule is COc1cc(C2/C(=C(\O)c3c(C)nc4ccccn34)C(=O)C(=O)N2c2nnc(SCc3ccc(Cl)cc3Cl)s2)cc(Br)c1O. The summed E-state index contributed by atoms with van der Waals surface area (Å²) in [5, 5.41) is 31.9. The van der Waals surface area contributed by atoms with Gasteiger partial charge in [-0.3, -0.25) is 18.9 Å². The number of pyridine rings is 1. The van der Waals surface area contributed by atoms with Crippen molar-refractivity contribution in [2.75, 3.05) is 12.0 Å². The van der Waals surface area contributed by atoms with Crippen molar-refractivity contribution in [2.24, 2.45) is 0 Å². The number of phenols is 1. The number of halogens is 3. The largest absolute Gasteiger partial charge is 0.505 e. The van der Waals surface area contributed by atoms with Crippen LogP contribution in [0.3, 0.4) is 0 Å². The fourth-order valence-electron chi connectivity index (χ4n) is 4.92. The Labute approximate surface area is 277 Å². The Morgan fingerprint density at radius 2 is 1.95 bits per heavy atom. The zero-order valence-corrected chi connectivity index (χ0v) is 27.5. The van der Waals surface area contributed by atoms with Gasteiger partial charge in [-0.2, -0.15) is 0 Å². The van der Waals surface area contributed by atoms with Crippen LogP contribution in [0.5, 0.6) is 11.5 Å². The number of methoxy groups -OCH3 is 1. The third-order valence-electron chi connectivity index (χ3n) is 6.93. The fourth-order valence-corrected chi connectivity index (χ4v) is 7.80. The number of Topliss-reactive ketones (excluding diaryl/α,β-unsaturated/α-hetero) is 1. The smallest absolute Gasteiger partial charge is 0.301 e. The molecular formula is C29H20BrCl2N5O5S2. The van der Waals surface area contributed by atoms with Crippen LogP contribution in [-0.4, -0.2) is 48.6 Å². The van der Waals surface area contributed by atoms with Gasteiger partial charge in [-0.25, -0.2) is 4.98 Å². The van der Waals surface area contributed by atoms with Crippen molar-refractivity contribution >= 4 is 90.5 Å². The van der Waals surface area contributed by atoms with E-state index in [9.17, 15) is 19.8 Å². The molecule has 6 rings (SSSR count). The third kappa shape index (κ3) is 5.32. The number of phenolic OH excluding ortho intramolecular Hbond substituents is 1. The lowest BCUT2D eigenvalue weighted by atomic mass is 9.96. The first-order valence-corrected chi connectivity index (χ1v) is 16.2. The number of carbonyl (C=O) groups is 2. The van der Waals surface area contributed by atoms with E-state index in [4.69, 9.17) is 27.9 Å². The Kier molecular flexibility index (Phi) is 8.33. The molecule has 1 unspecified atom stereocenters. The van der Waals surface area contributed by atoms with Gasteiger partial charge < -0.3 is 14.9 Å². The molecule has 1 saturated heterocycles. The highest BCUT2D eigenvalue weighted by molar-refractivity contribution is 9.10. The number of aromatic nitrogens is 4. The monoisotopic (exact) mass is 731 g/mol. The van der Waals surface area contributed by atoms with Gasteiger partial charge in [-0.05, 0) is 70.4 Å². The van der Waals surface area contributed by atoms with E-state index in [1.807, 2.05) is 6.07 Å². The van der Waals surface area contributed by atoms with E-state index < -0.39 is 23.5 Å². The highest BCUT2D eigenvalue weighted by Gasteiger charge is 2.49. The summed E-state index contributed by atoms with van der Waals surface area (Å²) in [7, 11) is 1.38. The van der Waals surface area contributed by atoms with Gasteiger partial charge in [-0.1, -0.05) is 58.4 Å². The number of rotatable bonds is 7. The lowest BCUT2D eigenvalue weighted by Crippen LogP contribution is -2.29. The molecule has 15 heteroatoms. The molecule has 44 heavy (non-hydrogen) atoms. The number of aliphatic hydroxyl groups excluding tert-OH is 1. The molecule has 2 N–H and O–H groups in total. The zero-order chi connectivity index (χ0) is 31.3.